The number of carbonyl (C=O) groups is 1. The van der Waals surface area contributed by atoms with Crippen molar-refractivity contribution >= 4 is 34.3 Å². The number of thiocarbonyl (C=S) groups is 1. The molecule has 1 aromatic heterocycles. The fourth-order valence-electron chi connectivity index (χ4n) is 2.19. The quantitative estimate of drug-likeness (QED) is 0.615. The van der Waals surface area contributed by atoms with Crippen LogP contribution >= 0.6 is 24.0 Å². The summed E-state index contributed by atoms with van der Waals surface area (Å²) in [5, 5.41) is 0. The van der Waals surface area contributed by atoms with Crippen LogP contribution in [0.1, 0.15) is 37.1 Å². The van der Waals surface area contributed by atoms with E-state index in [9.17, 15) is 4.79 Å². The van der Waals surface area contributed by atoms with E-state index in [1.165, 1.54) is 11.8 Å². The second kappa shape index (κ2) is 7.97. The second-order valence-corrected chi connectivity index (χ2v) is 7.24. The number of aromatic nitrogens is 1. The lowest BCUT2D eigenvalue weighted by atomic mass is 10.00. The Morgan fingerprint density at radius 1 is 1.45 bits per heavy atom. The van der Waals surface area contributed by atoms with E-state index >= 15 is 0 Å². The average molecular weight is 342 g/mol. The van der Waals surface area contributed by atoms with Crippen molar-refractivity contribution in [3.05, 3.63) is 17.3 Å². The standard InChI is InChI=1S/C15H22N2O3S2/c1-10-4-6-17(7-5-10)15(21)22-9-14(18)19-8-13-16-11(2)12(3)20-13/h10H,4-9H2,1-3H3. The number of hydrogen-bond acceptors (Lipinski definition) is 6. The molecule has 1 aromatic rings. The molecule has 7 heteroatoms. The Bertz CT molecular complexity index is 517. The molecule has 5 nitrogen and oxygen atoms in total. The van der Waals surface area contributed by atoms with Crippen molar-refractivity contribution in [3.8, 4) is 0 Å². The van der Waals surface area contributed by atoms with Gasteiger partial charge in [-0.1, -0.05) is 30.9 Å². The number of aryl methyl sites for hydroxylation is 2. The zero-order chi connectivity index (χ0) is 16.1. The summed E-state index contributed by atoms with van der Waals surface area (Å²) in [5.41, 5.74) is 0.820. The zero-order valence-corrected chi connectivity index (χ0v) is 14.9. The fourth-order valence-corrected chi connectivity index (χ4v) is 3.24. The van der Waals surface area contributed by atoms with E-state index in [-0.39, 0.29) is 18.3 Å². The van der Waals surface area contributed by atoms with Crippen molar-refractivity contribution in [2.75, 3.05) is 18.8 Å². The largest absolute Gasteiger partial charge is 0.455 e. The topological polar surface area (TPSA) is 55.6 Å². The average Bonchev–Trinajstić information content (AvgIpc) is 2.82. The van der Waals surface area contributed by atoms with Crippen molar-refractivity contribution < 1.29 is 13.9 Å². The number of nitrogens with zero attached hydrogens (tertiary/aromatic N) is 2. The van der Waals surface area contributed by atoms with Crippen LogP contribution in [0.3, 0.4) is 0 Å². The number of oxazole rings is 1. The van der Waals surface area contributed by atoms with Gasteiger partial charge in [0.2, 0.25) is 5.89 Å². The van der Waals surface area contributed by atoms with Gasteiger partial charge in [0, 0.05) is 13.1 Å². The van der Waals surface area contributed by atoms with E-state index in [1.807, 2.05) is 13.8 Å². The van der Waals surface area contributed by atoms with Crippen LogP contribution in [0.2, 0.25) is 0 Å². The number of esters is 1. The molecule has 122 valence electrons. The Hall–Kier alpha value is -1.08. The van der Waals surface area contributed by atoms with Gasteiger partial charge in [-0.25, -0.2) is 4.98 Å². The maximum Gasteiger partial charge on any atom is 0.316 e. The molecule has 22 heavy (non-hydrogen) atoms. The van der Waals surface area contributed by atoms with Gasteiger partial charge >= 0.3 is 5.97 Å². The molecule has 1 fully saturated rings. The minimum Gasteiger partial charge on any atom is -0.455 e. The smallest absolute Gasteiger partial charge is 0.316 e. The monoisotopic (exact) mass is 342 g/mol. The van der Waals surface area contributed by atoms with Crippen LogP contribution in [0.25, 0.3) is 0 Å². The third-order valence-electron chi connectivity index (χ3n) is 3.78. The van der Waals surface area contributed by atoms with Gasteiger partial charge in [-0.3, -0.25) is 4.79 Å². The summed E-state index contributed by atoms with van der Waals surface area (Å²) >= 11 is 6.75. The van der Waals surface area contributed by atoms with Crippen molar-refractivity contribution in [1.82, 2.24) is 9.88 Å². The van der Waals surface area contributed by atoms with E-state index in [2.05, 4.69) is 16.8 Å². The normalized spacial score (nSPS) is 15.9. The predicted molar refractivity (Wildman–Crippen MR) is 90.8 cm³/mol. The van der Waals surface area contributed by atoms with Crippen molar-refractivity contribution in [1.29, 1.82) is 0 Å². The van der Waals surface area contributed by atoms with Gasteiger partial charge in [0.1, 0.15) is 10.1 Å². The lowest BCUT2D eigenvalue weighted by Crippen LogP contribution is -2.35. The number of carbonyl (C=O) groups excluding carboxylic acids is 1. The fraction of sp³-hybridized carbons (Fsp3) is 0.667. The van der Waals surface area contributed by atoms with Crippen molar-refractivity contribution in [3.63, 3.8) is 0 Å². The molecule has 1 aliphatic heterocycles. The molecule has 2 heterocycles. The minimum absolute atomic E-state index is 0.0715. The van der Waals surface area contributed by atoms with Gasteiger partial charge < -0.3 is 14.1 Å². The highest BCUT2D eigenvalue weighted by molar-refractivity contribution is 8.23. The number of piperidine rings is 1. The van der Waals surface area contributed by atoms with Crippen LogP contribution < -0.4 is 0 Å². The zero-order valence-electron chi connectivity index (χ0n) is 13.3. The van der Waals surface area contributed by atoms with Crippen LogP contribution in [0.15, 0.2) is 4.42 Å². The van der Waals surface area contributed by atoms with E-state index in [0.717, 1.165) is 47.6 Å². The van der Waals surface area contributed by atoms with E-state index in [1.54, 1.807) is 0 Å². The molecule has 1 saturated heterocycles. The van der Waals surface area contributed by atoms with Gasteiger partial charge in [-0.05, 0) is 32.6 Å². The first-order valence-corrected chi connectivity index (χ1v) is 8.85. The minimum atomic E-state index is -0.300. The van der Waals surface area contributed by atoms with Crippen LogP contribution in [0.4, 0.5) is 0 Å². The molecule has 0 unspecified atom stereocenters. The summed E-state index contributed by atoms with van der Waals surface area (Å²) in [4.78, 5) is 18.1. The van der Waals surface area contributed by atoms with Gasteiger partial charge in [0.25, 0.3) is 0 Å². The number of ether oxygens (including phenoxy) is 1. The summed E-state index contributed by atoms with van der Waals surface area (Å²) < 4.78 is 11.3. The van der Waals surface area contributed by atoms with Crippen LogP contribution in [-0.4, -0.2) is 39.0 Å². The van der Waals surface area contributed by atoms with E-state index in [0.29, 0.717) is 5.89 Å². The Kier molecular flexibility index (Phi) is 6.26. The van der Waals surface area contributed by atoms with E-state index in [4.69, 9.17) is 21.4 Å². The van der Waals surface area contributed by atoms with Gasteiger partial charge in [-0.2, -0.15) is 0 Å². The highest BCUT2D eigenvalue weighted by atomic mass is 32.2. The Morgan fingerprint density at radius 3 is 2.73 bits per heavy atom. The highest BCUT2D eigenvalue weighted by Crippen LogP contribution is 2.20. The highest BCUT2D eigenvalue weighted by Gasteiger charge is 2.19. The molecule has 0 aromatic carbocycles. The lowest BCUT2D eigenvalue weighted by molar-refractivity contribution is -0.142. The molecular formula is C15H22N2O3S2. The summed E-state index contributed by atoms with van der Waals surface area (Å²) in [6, 6.07) is 0. The molecule has 0 spiro atoms. The van der Waals surface area contributed by atoms with E-state index < -0.39 is 0 Å². The molecule has 0 bridgehead atoms. The number of rotatable bonds is 4. The van der Waals surface area contributed by atoms with Gasteiger partial charge in [0.15, 0.2) is 6.61 Å². The molecule has 0 aliphatic carbocycles. The number of likely N-dealkylation sites (tertiary alicyclic amines) is 1. The Balaban J connectivity index is 1.68. The van der Waals surface area contributed by atoms with Gasteiger partial charge in [0.05, 0.1) is 11.4 Å². The van der Waals surface area contributed by atoms with Crippen molar-refractivity contribution in [2.45, 2.75) is 40.2 Å². The maximum absolute atomic E-state index is 11.8. The molecule has 0 atom stereocenters. The first-order chi connectivity index (χ1) is 10.5. The predicted octanol–water partition coefficient (Wildman–Crippen LogP) is 3.08. The van der Waals surface area contributed by atoms with Crippen LogP contribution in [0.5, 0.6) is 0 Å². The Labute approximate surface area is 140 Å². The summed E-state index contributed by atoms with van der Waals surface area (Å²) in [6.07, 6.45) is 2.32. The Morgan fingerprint density at radius 2 is 2.14 bits per heavy atom. The third-order valence-corrected chi connectivity index (χ3v) is 5.28. The molecule has 0 amide bonds. The van der Waals surface area contributed by atoms with Crippen LogP contribution in [-0.2, 0) is 16.1 Å². The summed E-state index contributed by atoms with van der Waals surface area (Å²) in [6.45, 7) is 7.99. The second-order valence-electron chi connectivity index (χ2n) is 5.63. The first-order valence-electron chi connectivity index (χ1n) is 7.46. The lowest BCUT2D eigenvalue weighted by Gasteiger charge is -2.31. The van der Waals surface area contributed by atoms with Crippen LogP contribution in [0, 0.1) is 19.8 Å². The molecular weight excluding hydrogens is 320 g/mol. The molecule has 0 saturated carbocycles. The SMILES string of the molecule is Cc1nc(COC(=O)CSC(=S)N2CCC(C)CC2)oc1C. The third kappa shape index (κ3) is 4.98. The molecule has 0 radical (unpaired) electrons. The first kappa shape index (κ1) is 17.3. The summed E-state index contributed by atoms with van der Waals surface area (Å²) in [7, 11) is 0. The summed E-state index contributed by atoms with van der Waals surface area (Å²) in [5.74, 6) is 1.87. The molecule has 0 N–H and O–H groups in total. The maximum atomic E-state index is 11.8. The van der Waals surface area contributed by atoms with Crippen molar-refractivity contribution in [2.24, 2.45) is 5.92 Å². The molecule has 2 rings (SSSR count). The number of thioether (sulfide) groups is 1. The van der Waals surface area contributed by atoms with Gasteiger partial charge in [-0.15, -0.1) is 0 Å². The molecule has 1 aliphatic rings. The number of hydrogen-bond donors (Lipinski definition) is 0.